The predicted molar refractivity (Wildman–Crippen MR) is 104 cm³/mol. The number of hydrogen-bond donors (Lipinski definition) is 2. The third-order valence-electron chi connectivity index (χ3n) is 4.77. The van der Waals surface area contributed by atoms with Crippen LogP contribution in [0.15, 0.2) is 30.7 Å². The lowest BCUT2D eigenvalue weighted by Gasteiger charge is -2.39. The van der Waals surface area contributed by atoms with Crippen LogP contribution < -0.4 is 20.4 Å². The van der Waals surface area contributed by atoms with Gasteiger partial charge in [0.2, 0.25) is 5.95 Å². The molecule has 0 spiro atoms. The fraction of sp³-hybridized carbons (Fsp3) is 0.368. The Morgan fingerprint density at radius 1 is 1.24 bits per heavy atom. The lowest BCUT2D eigenvalue weighted by molar-refractivity contribution is -0.0267. The molecule has 0 saturated carbocycles. The molecule has 2 aliphatic heterocycles. The summed E-state index contributed by atoms with van der Waals surface area (Å²) >= 11 is 0. The molecule has 0 aliphatic carbocycles. The summed E-state index contributed by atoms with van der Waals surface area (Å²) in [5.41, 5.74) is 0.734. The number of alkyl halides is 2. The van der Waals surface area contributed by atoms with Crippen molar-refractivity contribution in [3.63, 3.8) is 0 Å². The number of anilines is 3. The predicted octanol–water partition coefficient (Wildman–Crippen LogP) is 0.991. The summed E-state index contributed by atoms with van der Waals surface area (Å²) in [6.45, 7) is 1.43. The highest BCUT2D eigenvalue weighted by molar-refractivity contribution is 6.04. The number of nitrogens with zero attached hydrogens (tertiary/aromatic N) is 5. The van der Waals surface area contributed by atoms with E-state index in [0.717, 1.165) is 6.54 Å². The van der Waals surface area contributed by atoms with Crippen molar-refractivity contribution in [2.24, 2.45) is 0 Å². The molecule has 150 valence electrons. The number of piperazine rings is 1. The van der Waals surface area contributed by atoms with Crippen molar-refractivity contribution >= 4 is 23.4 Å². The standard InChI is InChI=1S/C19H19F2N7O/c1-2-15-10-22-5-6-28(15)18-24-8-14(9-25-18)26-17(29)13-3-4-16(23-7-13)27-11-19(20,21)12-27/h1,3-4,7-9,15,22H,5-6,10-12H2,(H,26,29)/t15-/m0/s1. The Bertz CT molecular complexity index is 919. The molecule has 0 radical (unpaired) electrons. The second kappa shape index (κ2) is 7.60. The summed E-state index contributed by atoms with van der Waals surface area (Å²) in [4.78, 5) is 28.5. The van der Waals surface area contributed by atoms with Gasteiger partial charge in [0.05, 0.1) is 36.7 Å². The van der Waals surface area contributed by atoms with E-state index in [2.05, 4.69) is 31.5 Å². The lowest BCUT2D eigenvalue weighted by atomic mass is 10.1. The van der Waals surface area contributed by atoms with E-state index in [1.54, 1.807) is 12.1 Å². The minimum absolute atomic E-state index is 0.125. The molecule has 2 aliphatic rings. The summed E-state index contributed by atoms with van der Waals surface area (Å²) < 4.78 is 25.9. The van der Waals surface area contributed by atoms with Gasteiger partial charge in [-0.15, -0.1) is 6.42 Å². The first-order valence-electron chi connectivity index (χ1n) is 9.11. The maximum absolute atomic E-state index is 13.0. The molecule has 4 rings (SSSR count). The Balaban J connectivity index is 1.38. The van der Waals surface area contributed by atoms with Crippen LogP contribution >= 0.6 is 0 Å². The molecule has 2 aromatic heterocycles. The second-order valence-corrected chi connectivity index (χ2v) is 6.92. The molecule has 1 atom stereocenters. The first-order chi connectivity index (χ1) is 13.9. The van der Waals surface area contributed by atoms with Gasteiger partial charge in [0, 0.05) is 25.8 Å². The Labute approximate surface area is 166 Å². The van der Waals surface area contributed by atoms with Crippen LogP contribution in [0.2, 0.25) is 0 Å². The minimum Gasteiger partial charge on any atom is -0.344 e. The molecule has 0 unspecified atom stereocenters. The lowest BCUT2D eigenvalue weighted by Crippen LogP contribution is -2.56. The first-order valence-corrected chi connectivity index (χ1v) is 9.11. The summed E-state index contributed by atoms with van der Waals surface area (Å²) in [6.07, 6.45) is 9.94. The number of carbonyl (C=O) groups is 1. The van der Waals surface area contributed by atoms with E-state index in [1.165, 1.54) is 23.5 Å². The Morgan fingerprint density at radius 3 is 2.62 bits per heavy atom. The highest BCUT2D eigenvalue weighted by Gasteiger charge is 2.44. The van der Waals surface area contributed by atoms with Crippen molar-refractivity contribution in [2.75, 3.05) is 47.8 Å². The summed E-state index contributed by atoms with van der Waals surface area (Å²) in [5, 5.41) is 5.92. The van der Waals surface area contributed by atoms with Gasteiger partial charge in [-0.05, 0) is 12.1 Å². The summed E-state index contributed by atoms with van der Waals surface area (Å²) in [5.74, 6) is 0.566. The van der Waals surface area contributed by atoms with Gasteiger partial charge in [0.1, 0.15) is 11.9 Å². The number of terminal acetylenes is 1. The van der Waals surface area contributed by atoms with E-state index in [0.29, 0.717) is 36.1 Å². The van der Waals surface area contributed by atoms with E-state index in [9.17, 15) is 13.6 Å². The molecular formula is C19H19F2N7O. The van der Waals surface area contributed by atoms with Gasteiger partial charge in [0.25, 0.3) is 11.8 Å². The van der Waals surface area contributed by atoms with Gasteiger partial charge >= 0.3 is 0 Å². The van der Waals surface area contributed by atoms with E-state index >= 15 is 0 Å². The molecular weight excluding hydrogens is 380 g/mol. The highest BCUT2D eigenvalue weighted by atomic mass is 19.3. The average Bonchev–Trinajstić information content (AvgIpc) is 2.72. The molecule has 2 N–H and O–H groups in total. The third-order valence-corrected chi connectivity index (χ3v) is 4.77. The van der Waals surface area contributed by atoms with Crippen LogP contribution in [0.3, 0.4) is 0 Å². The molecule has 29 heavy (non-hydrogen) atoms. The van der Waals surface area contributed by atoms with Crippen LogP contribution in [-0.4, -0.2) is 65.5 Å². The van der Waals surface area contributed by atoms with E-state index < -0.39 is 11.8 Å². The van der Waals surface area contributed by atoms with Crippen molar-refractivity contribution < 1.29 is 13.6 Å². The van der Waals surface area contributed by atoms with Gasteiger partial charge in [0.15, 0.2) is 0 Å². The molecule has 1 amide bonds. The van der Waals surface area contributed by atoms with Gasteiger partial charge in [-0.25, -0.2) is 23.7 Å². The van der Waals surface area contributed by atoms with Crippen LogP contribution in [-0.2, 0) is 0 Å². The van der Waals surface area contributed by atoms with Gasteiger partial charge in [-0.2, -0.15) is 0 Å². The molecule has 0 aromatic carbocycles. The normalized spacial score (nSPS) is 20.5. The Kier molecular flexibility index (Phi) is 4.98. The van der Waals surface area contributed by atoms with Crippen molar-refractivity contribution in [1.29, 1.82) is 0 Å². The number of halogens is 2. The number of pyridine rings is 1. The van der Waals surface area contributed by atoms with E-state index in [4.69, 9.17) is 6.42 Å². The van der Waals surface area contributed by atoms with Crippen molar-refractivity contribution in [2.45, 2.75) is 12.0 Å². The average molecular weight is 399 g/mol. The Hall–Kier alpha value is -3.32. The zero-order valence-electron chi connectivity index (χ0n) is 15.5. The molecule has 2 fully saturated rings. The fourth-order valence-corrected chi connectivity index (χ4v) is 3.21. The number of rotatable bonds is 4. The van der Waals surface area contributed by atoms with Crippen molar-refractivity contribution in [3.8, 4) is 12.3 Å². The largest absolute Gasteiger partial charge is 0.344 e. The zero-order chi connectivity index (χ0) is 20.4. The van der Waals surface area contributed by atoms with E-state index in [-0.39, 0.29) is 19.1 Å². The Morgan fingerprint density at radius 2 is 2.00 bits per heavy atom. The number of hydrogen-bond acceptors (Lipinski definition) is 7. The molecule has 4 heterocycles. The summed E-state index contributed by atoms with van der Waals surface area (Å²) in [7, 11) is 0. The van der Waals surface area contributed by atoms with Gasteiger partial charge < -0.3 is 20.4 Å². The first kappa shape index (κ1) is 19.0. The van der Waals surface area contributed by atoms with Crippen LogP contribution in [0.4, 0.5) is 26.2 Å². The molecule has 10 heteroatoms. The molecule has 2 aromatic rings. The maximum Gasteiger partial charge on any atom is 0.282 e. The number of nitrogens with one attached hydrogen (secondary N) is 2. The third kappa shape index (κ3) is 4.09. The summed E-state index contributed by atoms with van der Waals surface area (Å²) in [6, 6.07) is 2.97. The quantitative estimate of drug-likeness (QED) is 0.742. The smallest absolute Gasteiger partial charge is 0.282 e. The van der Waals surface area contributed by atoms with E-state index in [1.807, 2.05) is 4.90 Å². The van der Waals surface area contributed by atoms with Crippen LogP contribution in [0.1, 0.15) is 10.4 Å². The number of amides is 1. The van der Waals surface area contributed by atoms with Gasteiger partial charge in [-0.1, -0.05) is 5.92 Å². The van der Waals surface area contributed by atoms with Gasteiger partial charge in [-0.3, -0.25) is 4.79 Å². The topological polar surface area (TPSA) is 86.3 Å². The second-order valence-electron chi connectivity index (χ2n) is 6.92. The van der Waals surface area contributed by atoms with Crippen molar-refractivity contribution in [1.82, 2.24) is 20.3 Å². The number of carbonyl (C=O) groups excluding carboxylic acids is 1. The molecule has 8 nitrogen and oxygen atoms in total. The maximum atomic E-state index is 13.0. The zero-order valence-corrected chi connectivity index (χ0v) is 15.5. The monoisotopic (exact) mass is 399 g/mol. The number of aromatic nitrogens is 3. The van der Waals surface area contributed by atoms with Crippen molar-refractivity contribution in [3.05, 3.63) is 36.3 Å². The van der Waals surface area contributed by atoms with Crippen LogP contribution in [0, 0.1) is 12.3 Å². The highest BCUT2D eigenvalue weighted by Crippen LogP contribution is 2.30. The SMILES string of the molecule is C#C[C@H]1CNCCN1c1ncc(NC(=O)c2ccc(N3CC(F)(F)C3)nc2)cn1. The van der Waals surface area contributed by atoms with Crippen LogP contribution in [0.5, 0.6) is 0 Å². The molecule has 2 saturated heterocycles. The fourth-order valence-electron chi connectivity index (χ4n) is 3.21. The van der Waals surface area contributed by atoms with Crippen LogP contribution in [0.25, 0.3) is 0 Å². The molecule has 0 bridgehead atoms. The minimum atomic E-state index is -2.67.